The number of unbranched alkanes of at least 4 members (excludes halogenated alkanes) is 1. The van der Waals surface area contributed by atoms with Crippen molar-refractivity contribution in [1.29, 1.82) is 0 Å². The van der Waals surface area contributed by atoms with Crippen LogP contribution >= 0.6 is 0 Å². The van der Waals surface area contributed by atoms with Crippen molar-refractivity contribution >= 4 is 0 Å². The van der Waals surface area contributed by atoms with Crippen LogP contribution in [0.15, 0.2) is 11.6 Å². The first kappa shape index (κ1) is 19.0. The molecule has 0 radical (unpaired) electrons. The third-order valence-electron chi connectivity index (χ3n) is 9.85. The van der Waals surface area contributed by atoms with Gasteiger partial charge in [0.15, 0.2) is 0 Å². The second-order valence-electron chi connectivity index (χ2n) is 11.0. The molecule has 0 aromatic heterocycles. The molecule has 0 spiro atoms. The molecule has 26 heavy (non-hydrogen) atoms. The first-order valence-corrected chi connectivity index (χ1v) is 11.8. The highest BCUT2D eigenvalue weighted by atomic mass is 16.3. The van der Waals surface area contributed by atoms with Crippen LogP contribution in [-0.2, 0) is 0 Å². The van der Waals surface area contributed by atoms with E-state index in [-0.39, 0.29) is 6.10 Å². The van der Waals surface area contributed by atoms with Gasteiger partial charge in [-0.25, -0.2) is 0 Å². The first-order valence-electron chi connectivity index (χ1n) is 11.8. The summed E-state index contributed by atoms with van der Waals surface area (Å²) in [5, 5.41) is 10.2. The maximum absolute atomic E-state index is 10.2. The van der Waals surface area contributed by atoms with E-state index in [0.29, 0.717) is 10.8 Å². The minimum absolute atomic E-state index is 0.0741. The molecule has 8 atom stereocenters. The van der Waals surface area contributed by atoms with Gasteiger partial charge in [0.25, 0.3) is 0 Å². The molecule has 0 aromatic carbocycles. The maximum atomic E-state index is 10.2. The minimum Gasteiger partial charge on any atom is -0.393 e. The van der Waals surface area contributed by atoms with E-state index >= 15 is 0 Å². The molecule has 4 aliphatic rings. The quantitative estimate of drug-likeness (QED) is 0.551. The van der Waals surface area contributed by atoms with Gasteiger partial charge in [-0.05, 0) is 91.8 Å². The van der Waals surface area contributed by atoms with Crippen LogP contribution in [0.1, 0.15) is 98.3 Å². The fourth-order valence-electron chi connectivity index (χ4n) is 8.34. The number of aliphatic hydroxyl groups is 1. The SMILES string of the molecule is CCCC[C@@H](C)[C@H]1CCC2C3CC=C4C[C@@H](O)CC[C@]4(C)C3CC[C@@]21C. The number of hydrogen-bond acceptors (Lipinski definition) is 1. The van der Waals surface area contributed by atoms with Crippen molar-refractivity contribution in [2.45, 2.75) is 104 Å². The average molecular weight is 359 g/mol. The normalized spacial score (nSPS) is 49.0. The van der Waals surface area contributed by atoms with E-state index in [1.165, 1.54) is 57.8 Å². The fourth-order valence-corrected chi connectivity index (χ4v) is 8.34. The summed E-state index contributed by atoms with van der Waals surface area (Å²) in [6.45, 7) is 10.1. The molecule has 148 valence electrons. The van der Waals surface area contributed by atoms with E-state index < -0.39 is 0 Å². The van der Waals surface area contributed by atoms with Crippen molar-refractivity contribution < 1.29 is 5.11 Å². The molecule has 1 N–H and O–H groups in total. The summed E-state index contributed by atoms with van der Waals surface area (Å²) in [5.74, 6) is 4.64. The summed E-state index contributed by atoms with van der Waals surface area (Å²) in [6.07, 6.45) is 17.1. The lowest BCUT2D eigenvalue weighted by Gasteiger charge is -2.58. The van der Waals surface area contributed by atoms with Gasteiger partial charge in [0.1, 0.15) is 0 Å². The van der Waals surface area contributed by atoms with Crippen LogP contribution in [0.3, 0.4) is 0 Å². The minimum atomic E-state index is -0.0741. The molecule has 0 aliphatic heterocycles. The summed E-state index contributed by atoms with van der Waals surface area (Å²) in [7, 11) is 0. The zero-order valence-corrected chi connectivity index (χ0v) is 17.8. The van der Waals surface area contributed by atoms with Crippen LogP contribution in [0.2, 0.25) is 0 Å². The number of rotatable bonds is 4. The predicted molar refractivity (Wildman–Crippen MR) is 110 cm³/mol. The summed E-state index contributed by atoms with van der Waals surface area (Å²) >= 11 is 0. The van der Waals surface area contributed by atoms with Crippen molar-refractivity contribution in [1.82, 2.24) is 0 Å². The highest BCUT2D eigenvalue weighted by Gasteiger charge is 2.58. The second kappa shape index (κ2) is 6.94. The van der Waals surface area contributed by atoms with Crippen LogP contribution in [-0.4, -0.2) is 11.2 Å². The van der Waals surface area contributed by atoms with Crippen LogP contribution in [0.5, 0.6) is 0 Å². The van der Waals surface area contributed by atoms with Crippen LogP contribution in [0.4, 0.5) is 0 Å². The summed E-state index contributed by atoms with van der Waals surface area (Å²) in [6, 6.07) is 0. The molecule has 4 aliphatic carbocycles. The molecule has 0 saturated heterocycles. The monoisotopic (exact) mass is 358 g/mol. The smallest absolute Gasteiger partial charge is 0.0577 e. The Morgan fingerprint density at radius 3 is 2.69 bits per heavy atom. The van der Waals surface area contributed by atoms with Gasteiger partial charge in [-0.1, -0.05) is 58.6 Å². The van der Waals surface area contributed by atoms with Crippen molar-refractivity contribution in [2.75, 3.05) is 0 Å². The lowest BCUT2D eigenvalue weighted by Crippen LogP contribution is -2.50. The number of aliphatic hydroxyl groups excluding tert-OH is 1. The van der Waals surface area contributed by atoms with E-state index in [0.717, 1.165) is 42.4 Å². The molecular formula is C25H42O. The lowest BCUT2D eigenvalue weighted by molar-refractivity contribution is -0.0572. The zero-order valence-electron chi connectivity index (χ0n) is 17.8. The Bertz CT molecular complexity index is 550. The molecule has 3 saturated carbocycles. The van der Waals surface area contributed by atoms with E-state index in [9.17, 15) is 5.11 Å². The highest BCUT2D eigenvalue weighted by molar-refractivity contribution is 5.25. The predicted octanol–water partition coefficient (Wildman–Crippen LogP) is 6.75. The molecule has 3 unspecified atom stereocenters. The van der Waals surface area contributed by atoms with Gasteiger partial charge in [-0.3, -0.25) is 0 Å². The third kappa shape index (κ3) is 2.83. The molecule has 4 rings (SSSR count). The molecule has 1 nitrogen and oxygen atoms in total. The van der Waals surface area contributed by atoms with Gasteiger partial charge in [-0.2, -0.15) is 0 Å². The van der Waals surface area contributed by atoms with Gasteiger partial charge >= 0.3 is 0 Å². The Labute approximate surface area is 162 Å². The molecule has 3 fully saturated rings. The topological polar surface area (TPSA) is 20.2 Å². The Morgan fingerprint density at radius 2 is 1.92 bits per heavy atom. The Hall–Kier alpha value is -0.300. The summed E-state index contributed by atoms with van der Waals surface area (Å²) in [5.41, 5.74) is 2.62. The van der Waals surface area contributed by atoms with E-state index in [2.05, 4.69) is 33.8 Å². The van der Waals surface area contributed by atoms with Crippen molar-refractivity contribution in [3.8, 4) is 0 Å². The molecule has 0 heterocycles. The van der Waals surface area contributed by atoms with Crippen LogP contribution < -0.4 is 0 Å². The number of fused-ring (bicyclic) bond motifs is 5. The van der Waals surface area contributed by atoms with Crippen molar-refractivity contribution in [3.05, 3.63) is 11.6 Å². The second-order valence-corrected chi connectivity index (χ2v) is 11.0. The van der Waals surface area contributed by atoms with Gasteiger partial charge in [0, 0.05) is 0 Å². The van der Waals surface area contributed by atoms with Crippen LogP contribution in [0.25, 0.3) is 0 Å². The maximum Gasteiger partial charge on any atom is 0.0577 e. The first-order chi connectivity index (χ1) is 12.4. The highest BCUT2D eigenvalue weighted by Crippen LogP contribution is 2.67. The van der Waals surface area contributed by atoms with E-state index in [4.69, 9.17) is 0 Å². The molecule has 1 heteroatoms. The average Bonchev–Trinajstić information content (AvgIpc) is 2.97. The standard InChI is InChI=1S/C25H42O/c1-5-6-7-17(2)21-10-11-22-20-9-8-18-16-19(26)12-14-24(18,3)23(20)13-15-25(21,22)4/h8,17,19-23,26H,5-7,9-16H2,1-4H3/t17-,19+,20?,21-,22?,23?,24+,25-/m1/s1. The Morgan fingerprint density at radius 1 is 1.12 bits per heavy atom. The fraction of sp³-hybridized carbons (Fsp3) is 0.920. The summed E-state index contributed by atoms with van der Waals surface area (Å²) < 4.78 is 0. The van der Waals surface area contributed by atoms with Gasteiger partial charge in [-0.15, -0.1) is 0 Å². The van der Waals surface area contributed by atoms with Crippen LogP contribution in [0, 0.1) is 40.4 Å². The Kier molecular flexibility index (Phi) is 5.08. The number of hydrogen-bond donors (Lipinski definition) is 1. The van der Waals surface area contributed by atoms with E-state index in [1.54, 1.807) is 5.57 Å². The van der Waals surface area contributed by atoms with Crippen molar-refractivity contribution in [3.63, 3.8) is 0 Å². The zero-order chi connectivity index (χ0) is 18.5. The van der Waals surface area contributed by atoms with Gasteiger partial charge < -0.3 is 5.11 Å². The van der Waals surface area contributed by atoms with Gasteiger partial charge in [0.05, 0.1) is 6.10 Å². The van der Waals surface area contributed by atoms with Crippen molar-refractivity contribution in [2.24, 2.45) is 40.4 Å². The van der Waals surface area contributed by atoms with Gasteiger partial charge in [0.2, 0.25) is 0 Å². The number of allylic oxidation sites excluding steroid dienone is 1. The Balaban J connectivity index is 1.56. The molecular weight excluding hydrogens is 316 g/mol. The molecule has 0 amide bonds. The largest absolute Gasteiger partial charge is 0.393 e. The molecule has 0 bridgehead atoms. The van der Waals surface area contributed by atoms with E-state index in [1.807, 2.05) is 0 Å². The third-order valence-corrected chi connectivity index (χ3v) is 9.85. The summed E-state index contributed by atoms with van der Waals surface area (Å²) in [4.78, 5) is 0. The molecule has 0 aromatic rings. The lowest BCUT2D eigenvalue weighted by atomic mass is 9.47.